The van der Waals surface area contributed by atoms with Gasteiger partial charge in [0, 0.05) is 0 Å². The second kappa shape index (κ2) is 5.19. The lowest BCUT2D eigenvalue weighted by atomic mass is 10.0. The fourth-order valence-electron chi connectivity index (χ4n) is 1.55. The van der Waals surface area contributed by atoms with Crippen LogP contribution in [0.3, 0.4) is 0 Å². The molecule has 0 fully saturated rings. The molecular weight excluding hydrogens is 294 g/mol. The normalized spacial score (nSPS) is 10.4. The fraction of sp³-hybridized carbons (Fsp3) is 0. The van der Waals surface area contributed by atoms with E-state index in [0.29, 0.717) is 10.0 Å². The highest BCUT2D eigenvalue weighted by atomic mass is 35.5. The topological polar surface area (TPSA) is 37.3 Å². The van der Waals surface area contributed by atoms with E-state index in [1.807, 2.05) is 0 Å². The van der Waals surface area contributed by atoms with E-state index in [2.05, 4.69) is 0 Å². The summed E-state index contributed by atoms with van der Waals surface area (Å²) in [6, 6.07) is 9.81. The Morgan fingerprint density at radius 3 is 2.11 bits per heavy atom. The number of hydrogen-bond donors (Lipinski definition) is 1. The zero-order chi connectivity index (χ0) is 13.3. The molecule has 0 spiro atoms. The summed E-state index contributed by atoms with van der Waals surface area (Å²) >= 11 is 17.7. The monoisotopic (exact) mass is 300 g/mol. The van der Waals surface area contributed by atoms with E-state index >= 15 is 0 Å². The molecule has 0 radical (unpaired) electrons. The van der Waals surface area contributed by atoms with Crippen LogP contribution in [0.1, 0.15) is 10.4 Å². The summed E-state index contributed by atoms with van der Waals surface area (Å²) in [5.74, 6) is -0.983. The highest BCUT2D eigenvalue weighted by Crippen LogP contribution is 2.35. The molecule has 0 saturated carbocycles. The molecule has 0 aliphatic heterocycles. The molecule has 0 unspecified atom stereocenters. The predicted octanol–water partition coefficient (Wildman–Crippen LogP) is 5.01. The van der Waals surface area contributed by atoms with Crippen molar-refractivity contribution in [2.45, 2.75) is 0 Å². The first kappa shape index (κ1) is 13.2. The van der Waals surface area contributed by atoms with Crippen molar-refractivity contribution in [2.75, 3.05) is 0 Å². The number of carboxylic acid groups (broad SMARTS) is 1. The summed E-state index contributed by atoms with van der Waals surface area (Å²) in [7, 11) is 0. The molecule has 0 bridgehead atoms. The van der Waals surface area contributed by atoms with Crippen LogP contribution in [-0.2, 0) is 0 Å². The van der Waals surface area contributed by atoms with Gasteiger partial charge < -0.3 is 5.11 Å². The maximum Gasteiger partial charge on any atom is 0.335 e. The second-order valence-electron chi connectivity index (χ2n) is 3.64. The van der Waals surface area contributed by atoms with Gasteiger partial charge in [0.05, 0.1) is 20.6 Å². The molecular formula is C13H7Cl3O2. The van der Waals surface area contributed by atoms with Crippen LogP contribution in [0.2, 0.25) is 15.1 Å². The molecule has 2 nitrogen and oxygen atoms in total. The zero-order valence-corrected chi connectivity index (χ0v) is 11.2. The molecule has 1 N–H and O–H groups in total. The molecule has 0 aliphatic carbocycles. The molecule has 0 atom stereocenters. The summed E-state index contributed by atoms with van der Waals surface area (Å²) in [4.78, 5) is 10.9. The molecule has 0 aliphatic rings. The highest BCUT2D eigenvalue weighted by molar-refractivity contribution is 6.48. The lowest BCUT2D eigenvalue weighted by Gasteiger charge is -2.06. The van der Waals surface area contributed by atoms with Crippen LogP contribution in [0.4, 0.5) is 0 Å². The summed E-state index contributed by atoms with van der Waals surface area (Å²) in [5, 5.41) is 9.89. The van der Waals surface area contributed by atoms with Gasteiger partial charge in [-0.15, -0.1) is 0 Å². The number of carbonyl (C=O) groups is 1. The second-order valence-corrected chi connectivity index (χ2v) is 4.83. The van der Waals surface area contributed by atoms with Gasteiger partial charge in [-0.1, -0.05) is 46.9 Å². The minimum absolute atomic E-state index is 0.203. The minimum atomic E-state index is -0.983. The Kier molecular flexibility index (Phi) is 3.81. The molecule has 2 aromatic rings. The zero-order valence-electron chi connectivity index (χ0n) is 8.95. The number of rotatable bonds is 2. The summed E-state index contributed by atoms with van der Waals surface area (Å²) in [6.45, 7) is 0. The van der Waals surface area contributed by atoms with Crippen molar-refractivity contribution in [1.82, 2.24) is 0 Å². The third-order valence-electron chi connectivity index (χ3n) is 2.43. The quantitative estimate of drug-likeness (QED) is 0.791. The van der Waals surface area contributed by atoms with E-state index in [4.69, 9.17) is 39.9 Å². The van der Waals surface area contributed by atoms with Crippen molar-refractivity contribution < 1.29 is 9.90 Å². The highest BCUT2D eigenvalue weighted by Gasteiger charge is 2.09. The van der Waals surface area contributed by atoms with Gasteiger partial charge in [-0.25, -0.2) is 4.79 Å². The first-order chi connectivity index (χ1) is 8.49. The molecule has 18 heavy (non-hydrogen) atoms. The Morgan fingerprint density at radius 2 is 1.56 bits per heavy atom. The first-order valence-electron chi connectivity index (χ1n) is 4.97. The molecule has 0 amide bonds. The van der Waals surface area contributed by atoms with Gasteiger partial charge in [-0.3, -0.25) is 0 Å². The predicted molar refractivity (Wildman–Crippen MR) is 73.9 cm³/mol. The van der Waals surface area contributed by atoms with Crippen LogP contribution in [0.5, 0.6) is 0 Å². The Balaban J connectivity index is 2.55. The van der Waals surface area contributed by atoms with E-state index in [0.717, 1.165) is 11.1 Å². The summed E-state index contributed by atoms with van der Waals surface area (Å²) in [6.07, 6.45) is 0. The maximum atomic E-state index is 10.9. The standard InChI is InChI=1S/C13H7Cl3O2/c14-10-5-9(6-11(15)12(10)16)7-2-1-3-8(4-7)13(17)18/h1-6H,(H,17,18). The molecule has 0 saturated heterocycles. The van der Waals surface area contributed by atoms with Gasteiger partial charge >= 0.3 is 5.97 Å². The van der Waals surface area contributed by atoms with Crippen LogP contribution in [0.25, 0.3) is 11.1 Å². The van der Waals surface area contributed by atoms with Crippen molar-refractivity contribution in [3.05, 3.63) is 57.0 Å². The average Bonchev–Trinajstić information content (AvgIpc) is 2.35. The van der Waals surface area contributed by atoms with Gasteiger partial charge in [0.2, 0.25) is 0 Å². The molecule has 0 aromatic heterocycles. The smallest absolute Gasteiger partial charge is 0.335 e. The first-order valence-corrected chi connectivity index (χ1v) is 6.10. The average molecular weight is 302 g/mol. The van der Waals surface area contributed by atoms with Crippen LogP contribution < -0.4 is 0 Å². The molecule has 92 valence electrons. The van der Waals surface area contributed by atoms with Crippen LogP contribution in [0.15, 0.2) is 36.4 Å². The number of hydrogen-bond acceptors (Lipinski definition) is 1. The van der Waals surface area contributed by atoms with Crippen molar-refractivity contribution >= 4 is 40.8 Å². The maximum absolute atomic E-state index is 10.9. The van der Waals surface area contributed by atoms with Crippen LogP contribution >= 0.6 is 34.8 Å². The van der Waals surface area contributed by atoms with E-state index in [9.17, 15) is 4.79 Å². The Labute approximate surface area is 119 Å². The van der Waals surface area contributed by atoms with Gasteiger partial charge in [0.25, 0.3) is 0 Å². The minimum Gasteiger partial charge on any atom is -0.478 e. The third-order valence-corrected chi connectivity index (χ3v) is 3.62. The largest absolute Gasteiger partial charge is 0.478 e. The van der Waals surface area contributed by atoms with E-state index in [1.165, 1.54) is 6.07 Å². The van der Waals surface area contributed by atoms with Gasteiger partial charge in [0.1, 0.15) is 0 Å². The Bertz CT molecular complexity index is 600. The van der Waals surface area contributed by atoms with Crippen molar-refractivity contribution in [2.24, 2.45) is 0 Å². The lowest BCUT2D eigenvalue weighted by molar-refractivity contribution is 0.0697. The Morgan fingerprint density at radius 1 is 0.944 bits per heavy atom. The van der Waals surface area contributed by atoms with Crippen LogP contribution in [0, 0.1) is 0 Å². The van der Waals surface area contributed by atoms with Crippen LogP contribution in [-0.4, -0.2) is 11.1 Å². The lowest BCUT2D eigenvalue weighted by Crippen LogP contribution is -1.95. The summed E-state index contributed by atoms with van der Waals surface area (Å²) < 4.78 is 0. The van der Waals surface area contributed by atoms with Crippen molar-refractivity contribution in [1.29, 1.82) is 0 Å². The van der Waals surface area contributed by atoms with Gasteiger partial charge in [-0.2, -0.15) is 0 Å². The molecule has 2 rings (SSSR count). The number of aromatic carboxylic acids is 1. The van der Waals surface area contributed by atoms with Crippen molar-refractivity contribution in [3.8, 4) is 11.1 Å². The Hall–Kier alpha value is -1.22. The molecule has 0 heterocycles. The number of benzene rings is 2. The van der Waals surface area contributed by atoms with Gasteiger partial charge in [0.15, 0.2) is 0 Å². The SMILES string of the molecule is O=C(O)c1cccc(-c2cc(Cl)c(Cl)c(Cl)c2)c1. The van der Waals surface area contributed by atoms with E-state index < -0.39 is 5.97 Å². The van der Waals surface area contributed by atoms with E-state index in [1.54, 1.807) is 30.3 Å². The molecule has 5 heteroatoms. The van der Waals surface area contributed by atoms with E-state index in [-0.39, 0.29) is 10.6 Å². The number of carboxylic acids is 1. The summed E-state index contributed by atoms with van der Waals surface area (Å²) in [5.41, 5.74) is 1.64. The third kappa shape index (κ3) is 2.61. The van der Waals surface area contributed by atoms with Crippen molar-refractivity contribution in [3.63, 3.8) is 0 Å². The fourth-order valence-corrected chi connectivity index (χ4v) is 2.15. The van der Waals surface area contributed by atoms with Gasteiger partial charge in [-0.05, 0) is 35.4 Å². The molecule has 2 aromatic carbocycles. The number of halogens is 3.